The molecule has 2 aromatic carbocycles. The van der Waals surface area contributed by atoms with Crippen molar-refractivity contribution in [1.29, 1.82) is 0 Å². The summed E-state index contributed by atoms with van der Waals surface area (Å²) in [6, 6.07) is 13.2. The highest BCUT2D eigenvalue weighted by Gasteiger charge is 2.35. The van der Waals surface area contributed by atoms with Gasteiger partial charge in [-0.25, -0.2) is 0 Å². The van der Waals surface area contributed by atoms with E-state index in [1.807, 2.05) is 42.5 Å². The molecule has 0 spiro atoms. The molecule has 5 rings (SSSR count). The second kappa shape index (κ2) is 8.53. The minimum atomic E-state index is -0.161. The number of hydrogen-bond acceptors (Lipinski definition) is 7. The van der Waals surface area contributed by atoms with E-state index in [1.54, 1.807) is 4.90 Å². The summed E-state index contributed by atoms with van der Waals surface area (Å²) in [4.78, 5) is 19.0. The van der Waals surface area contributed by atoms with Crippen molar-refractivity contribution in [2.45, 2.75) is 26.2 Å². The lowest BCUT2D eigenvalue weighted by Crippen LogP contribution is -2.24. The first-order valence-corrected chi connectivity index (χ1v) is 10.8. The quantitative estimate of drug-likeness (QED) is 0.577. The van der Waals surface area contributed by atoms with Crippen molar-refractivity contribution in [2.24, 2.45) is 5.92 Å². The average Bonchev–Trinajstić information content (AvgIpc) is 3.45. The van der Waals surface area contributed by atoms with E-state index < -0.39 is 0 Å². The highest BCUT2D eigenvalue weighted by atomic mass is 16.6. The van der Waals surface area contributed by atoms with Gasteiger partial charge in [-0.3, -0.25) is 4.79 Å². The predicted octanol–water partition coefficient (Wildman–Crippen LogP) is 4.06. The number of amides is 1. The molecular weight excluding hydrogens is 410 g/mol. The van der Waals surface area contributed by atoms with Gasteiger partial charge in [0.05, 0.1) is 12.5 Å². The van der Waals surface area contributed by atoms with Gasteiger partial charge in [-0.15, -0.1) is 0 Å². The van der Waals surface area contributed by atoms with E-state index in [-0.39, 0.29) is 11.8 Å². The summed E-state index contributed by atoms with van der Waals surface area (Å²) in [7, 11) is 0. The Balaban J connectivity index is 1.28. The number of aromatic nitrogens is 2. The van der Waals surface area contributed by atoms with Crippen molar-refractivity contribution in [3.8, 4) is 28.6 Å². The van der Waals surface area contributed by atoms with Crippen LogP contribution in [0.4, 0.5) is 5.69 Å². The standard InChI is InChI=1S/C24H25N3O5/c1-15(2)14-31-19-6-3-16(4-7-19)23-25-24(32-26-23)17-11-22(28)27(13-17)18-5-8-20-21(12-18)30-10-9-29-20/h3-8,12,15,17H,9-11,13-14H2,1-2H3. The van der Waals surface area contributed by atoms with E-state index in [0.717, 1.165) is 17.0 Å². The van der Waals surface area contributed by atoms with Crippen LogP contribution in [-0.2, 0) is 4.79 Å². The third-order valence-electron chi connectivity index (χ3n) is 5.45. The van der Waals surface area contributed by atoms with Crippen molar-refractivity contribution < 1.29 is 23.5 Å². The topological polar surface area (TPSA) is 86.9 Å². The van der Waals surface area contributed by atoms with Crippen LogP contribution in [-0.4, -0.2) is 42.4 Å². The number of carbonyl (C=O) groups excluding carboxylic acids is 1. The fourth-order valence-electron chi connectivity index (χ4n) is 3.80. The summed E-state index contributed by atoms with van der Waals surface area (Å²) in [5.74, 6) is 3.45. The zero-order chi connectivity index (χ0) is 22.1. The first-order valence-electron chi connectivity index (χ1n) is 10.8. The van der Waals surface area contributed by atoms with Gasteiger partial charge in [-0.05, 0) is 42.3 Å². The van der Waals surface area contributed by atoms with Gasteiger partial charge in [0.25, 0.3) is 0 Å². The lowest BCUT2D eigenvalue weighted by atomic mass is 10.1. The van der Waals surface area contributed by atoms with E-state index >= 15 is 0 Å². The Bertz CT molecular complexity index is 1110. The number of anilines is 1. The largest absolute Gasteiger partial charge is 0.493 e. The van der Waals surface area contributed by atoms with Gasteiger partial charge in [0.2, 0.25) is 17.6 Å². The van der Waals surface area contributed by atoms with Crippen LogP contribution in [0.3, 0.4) is 0 Å². The number of ether oxygens (including phenoxy) is 3. The van der Waals surface area contributed by atoms with Gasteiger partial charge in [0.1, 0.15) is 19.0 Å². The zero-order valence-corrected chi connectivity index (χ0v) is 18.1. The molecule has 32 heavy (non-hydrogen) atoms. The summed E-state index contributed by atoms with van der Waals surface area (Å²) in [6.45, 7) is 6.39. The van der Waals surface area contributed by atoms with Crippen molar-refractivity contribution in [3.63, 3.8) is 0 Å². The molecule has 0 saturated carbocycles. The minimum absolute atomic E-state index is 0.0121. The molecule has 0 aliphatic carbocycles. The molecule has 1 atom stereocenters. The van der Waals surface area contributed by atoms with Gasteiger partial charge < -0.3 is 23.6 Å². The van der Waals surface area contributed by atoms with Crippen LogP contribution in [0.2, 0.25) is 0 Å². The monoisotopic (exact) mass is 435 g/mol. The molecule has 8 nitrogen and oxygen atoms in total. The summed E-state index contributed by atoms with van der Waals surface area (Å²) in [5, 5.41) is 4.12. The van der Waals surface area contributed by atoms with Crippen LogP contribution in [0.1, 0.15) is 32.1 Å². The molecule has 166 valence electrons. The molecule has 1 amide bonds. The van der Waals surface area contributed by atoms with Crippen molar-refractivity contribution in [2.75, 3.05) is 31.3 Å². The van der Waals surface area contributed by atoms with Gasteiger partial charge in [-0.2, -0.15) is 4.98 Å². The van der Waals surface area contributed by atoms with Gasteiger partial charge >= 0.3 is 0 Å². The number of carbonyl (C=O) groups is 1. The Morgan fingerprint density at radius 2 is 1.88 bits per heavy atom. The Labute approximate surface area is 186 Å². The molecular formula is C24H25N3O5. The number of fused-ring (bicyclic) bond motifs is 1. The summed E-state index contributed by atoms with van der Waals surface area (Å²) < 4.78 is 22.5. The second-order valence-electron chi connectivity index (χ2n) is 8.42. The maximum atomic E-state index is 12.7. The minimum Gasteiger partial charge on any atom is -0.493 e. The summed E-state index contributed by atoms with van der Waals surface area (Å²) in [6.07, 6.45) is 0.318. The molecule has 1 aromatic heterocycles. The third-order valence-corrected chi connectivity index (χ3v) is 5.45. The van der Waals surface area contributed by atoms with Crippen LogP contribution in [0.15, 0.2) is 47.0 Å². The molecule has 2 aliphatic heterocycles. The first kappa shape index (κ1) is 20.4. The summed E-state index contributed by atoms with van der Waals surface area (Å²) >= 11 is 0. The predicted molar refractivity (Wildman–Crippen MR) is 117 cm³/mol. The molecule has 3 heterocycles. The highest BCUT2D eigenvalue weighted by Crippen LogP contribution is 2.37. The van der Waals surface area contributed by atoms with Crippen molar-refractivity contribution in [1.82, 2.24) is 10.1 Å². The second-order valence-corrected chi connectivity index (χ2v) is 8.42. The Morgan fingerprint density at radius 1 is 1.09 bits per heavy atom. The number of benzene rings is 2. The molecule has 0 radical (unpaired) electrons. The molecule has 1 fully saturated rings. The Morgan fingerprint density at radius 3 is 2.66 bits per heavy atom. The first-order chi connectivity index (χ1) is 15.6. The van der Waals surface area contributed by atoms with Gasteiger partial charge in [0, 0.05) is 30.3 Å². The highest BCUT2D eigenvalue weighted by molar-refractivity contribution is 5.96. The van der Waals surface area contributed by atoms with Crippen molar-refractivity contribution >= 4 is 11.6 Å². The number of rotatable bonds is 6. The lowest BCUT2D eigenvalue weighted by Gasteiger charge is -2.22. The van der Waals surface area contributed by atoms with Crippen LogP contribution in [0.25, 0.3) is 11.4 Å². The van der Waals surface area contributed by atoms with E-state index in [2.05, 4.69) is 24.0 Å². The molecule has 1 saturated heterocycles. The van der Waals surface area contributed by atoms with Gasteiger partial charge in [0.15, 0.2) is 11.5 Å². The maximum Gasteiger partial charge on any atom is 0.232 e. The average molecular weight is 435 g/mol. The smallest absolute Gasteiger partial charge is 0.232 e. The van der Waals surface area contributed by atoms with Gasteiger partial charge in [-0.1, -0.05) is 19.0 Å². The SMILES string of the molecule is CC(C)COc1ccc(-c2noc(C3CC(=O)N(c4ccc5c(c4)OCCO5)C3)n2)cc1. The zero-order valence-electron chi connectivity index (χ0n) is 18.1. The normalized spacial score (nSPS) is 17.8. The fraction of sp³-hybridized carbons (Fsp3) is 0.375. The van der Waals surface area contributed by atoms with Crippen LogP contribution in [0, 0.1) is 5.92 Å². The lowest BCUT2D eigenvalue weighted by molar-refractivity contribution is -0.117. The molecule has 0 bridgehead atoms. The molecule has 2 aliphatic rings. The number of nitrogens with zero attached hydrogens (tertiary/aromatic N) is 3. The Hall–Kier alpha value is -3.55. The van der Waals surface area contributed by atoms with E-state index in [0.29, 0.717) is 61.9 Å². The van der Waals surface area contributed by atoms with Crippen molar-refractivity contribution in [3.05, 3.63) is 48.4 Å². The maximum absolute atomic E-state index is 12.7. The Kier molecular flexibility index (Phi) is 5.43. The van der Waals surface area contributed by atoms with Crippen LogP contribution >= 0.6 is 0 Å². The fourth-order valence-corrected chi connectivity index (χ4v) is 3.80. The summed E-state index contributed by atoms with van der Waals surface area (Å²) in [5.41, 5.74) is 1.61. The van der Waals surface area contributed by atoms with E-state index in [1.165, 1.54) is 0 Å². The van der Waals surface area contributed by atoms with Crippen LogP contribution < -0.4 is 19.1 Å². The van der Waals surface area contributed by atoms with E-state index in [4.69, 9.17) is 18.7 Å². The molecule has 8 heteroatoms. The van der Waals surface area contributed by atoms with E-state index in [9.17, 15) is 4.79 Å². The molecule has 3 aromatic rings. The van der Waals surface area contributed by atoms with Crippen LogP contribution in [0.5, 0.6) is 17.2 Å². The molecule has 1 unspecified atom stereocenters. The third kappa shape index (κ3) is 4.12. The molecule has 0 N–H and O–H groups in total. The number of hydrogen-bond donors (Lipinski definition) is 0.